The molecule has 0 amide bonds. The quantitative estimate of drug-likeness (QED) is 0.369. The van der Waals surface area contributed by atoms with Crippen LogP contribution in [0.15, 0.2) is 0 Å². The molecular weight excluding hydrogens is 264 g/mol. The topological polar surface area (TPSA) is 26.3 Å². The highest BCUT2D eigenvalue weighted by atomic mass is 28.2. The number of hydrogen-bond acceptors (Lipinski definition) is 2. The SMILES string of the molecule is CCCCCCC(C)(CCCCCC)CCC(=O)O[SiH3]. The standard InChI is InChI=1S/C17H36O2Si/c1-4-6-8-10-13-17(3,14-11-9-7-5-2)15-12-16(18)19-20/h4-15H2,1-3,20H3. The van der Waals surface area contributed by atoms with Crippen LogP contribution in [0.1, 0.15) is 97.8 Å². The molecule has 0 bridgehead atoms. The van der Waals surface area contributed by atoms with Crippen LogP contribution in [-0.4, -0.2) is 16.5 Å². The lowest BCUT2D eigenvalue weighted by Crippen LogP contribution is -2.19. The maximum absolute atomic E-state index is 11.4. The van der Waals surface area contributed by atoms with Gasteiger partial charge in [-0.15, -0.1) is 0 Å². The summed E-state index contributed by atoms with van der Waals surface area (Å²) in [5.74, 6) is 0.00464. The Balaban J connectivity index is 4.15. The zero-order valence-electron chi connectivity index (χ0n) is 14.3. The van der Waals surface area contributed by atoms with E-state index in [2.05, 4.69) is 20.8 Å². The smallest absolute Gasteiger partial charge is 0.291 e. The third kappa shape index (κ3) is 10.5. The Bertz CT molecular complexity index is 229. The summed E-state index contributed by atoms with van der Waals surface area (Å²) >= 11 is 0. The molecule has 0 aromatic rings. The molecule has 0 aliphatic carbocycles. The Morgan fingerprint density at radius 3 is 1.80 bits per heavy atom. The van der Waals surface area contributed by atoms with Gasteiger partial charge in [0.25, 0.3) is 5.97 Å². The van der Waals surface area contributed by atoms with Gasteiger partial charge < -0.3 is 4.43 Å². The molecule has 0 aliphatic rings. The number of carbonyl (C=O) groups is 1. The van der Waals surface area contributed by atoms with Crippen molar-refractivity contribution in [2.45, 2.75) is 97.8 Å². The van der Waals surface area contributed by atoms with E-state index in [1.54, 1.807) is 0 Å². The van der Waals surface area contributed by atoms with E-state index in [1.165, 1.54) is 64.2 Å². The van der Waals surface area contributed by atoms with Crippen LogP contribution in [0.2, 0.25) is 0 Å². The number of carbonyl (C=O) groups excluding carboxylic acids is 1. The first-order valence-electron chi connectivity index (χ1n) is 8.64. The van der Waals surface area contributed by atoms with Crippen LogP contribution < -0.4 is 0 Å². The molecule has 0 N–H and O–H groups in total. The molecule has 3 heteroatoms. The molecule has 0 heterocycles. The second-order valence-electron chi connectivity index (χ2n) is 6.51. The Hall–Kier alpha value is -0.313. The third-order valence-electron chi connectivity index (χ3n) is 4.43. The molecule has 0 rings (SSSR count). The normalized spacial score (nSPS) is 11.8. The van der Waals surface area contributed by atoms with Gasteiger partial charge in [0.1, 0.15) is 0 Å². The van der Waals surface area contributed by atoms with E-state index in [1.807, 2.05) is 0 Å². The number of hydrogen-bond donors (Lipinski definition) is 0. The fraction of sp³-hybridized carbons (Fsp3) is 0.941. The lowest BCUT2D eigenvalue weighted by molar-refractivity contribution is -0.134. The zero-order chi connectivity index (χ0) is 15.3. The van der Waals surface area contributed by atoms with Crippen molar-refractivity contribution in [3.05, 3.63) is 0 Å². The number of rotatable bonds is 13. The molecule has 0 aromatic carbocycles. The van der Waals surface area contributed by atoms with Crippen molar-refractivity contribution >= 4 is 16.5 Å². The van der Waals surface area contributed by atoms with Gasteiger partial charge in [-0.05, 0) is 24.7 Å². The van der Waals surface area contributed by atoms with Gasteiger partial charge >= 0.3 is 0 Å². The van der Waals surface area contributed by atoms with E-state index in [-0.39, 0.29) is 5.97 Å². The van der Waals surface area contributed by atoms with Crippen LogP contribution in [0.25, 0.3) is 0 Å². The maximum atomic E-state index is 11.4. The van der Waals surface area contributed by atoms with Gasteiger partial charge in [0, 0.05) is 6.42 Å². The van der Waals surface area contributed by atoms with Gasteiger partial charge in [0.05, 0.1) is 0 Å². The highest BCUT2D eigenvalue weighted by Gasteiger charge is 2.24. The fourth-order valence-electron chi connectivity index (χ4n) is 2.84. The predicted octanol–water partition coefficient (Wildman–Crippen LogP) is 4.54. The second-order valence-corrected chi connectivity index (χ2v) is 6.92. The van der Waals surface area contributed by atoms with Crippen LogP contribution in [0, 0.1) is 5.41 Å². The highest BCUT2D eigenvalue weighted by Crippen LogP contribution is 2.36. The summed E-state index contributed by atoms with van der Waals surface area (Å²) in [5, 5.41) is 0. The molecule has 0 unspecified atom stereocenters. The van der Waals surface area contributed by atoms with Crippen molar-refractivity contribution in [1.82, 2.24) is 0 Å². The summed E-state index contributed by atoms with van der Waals surface area (Å²) in [6, 6.07) is 0. The molecule has 0 saturated heterocycles. The fourth-order valence-corrected chi connectivity index (χ4v) is 3.04. The predicted molar refractivity (Wildman–Crippen MR) is 90.9 cm³/mol. The molecule has 0 saturated carbocycles. The van der Waals surface area contributed by atoms with Gasteiger partial charge in [-0.1, -0.05) is 72.1 Å². The Kier molecular flexibility index (Phi) is 12.2. The summed E-state index contributed by atoms with van der Waals surface area (Å²) in [4.78, 5) is 11.4. The van der Waals surface area contributed by atoms with Gasteiger partial charge in [-0.2, -0.15) is 0 Å². The van der Waals surface area contributed by atoms with Crippen LogP contribution in [0.4, 0.5) is 0 Å². The monoisotopic (exact) mass is 300 g/mol. The van der Waals surface area contributed by atoms with Crippen LogP contribution in [-0.2, 0) is 9.22 Å². The lowest BCUT2D eigenvalue weighted by Gasteiger charge is -2.29. The van der Waals surface area contributed by atoms with E-state index >= 15 is 0 Å². The van der Waals surface area contributed by atoms with Crippen molar-refractivity contribution in [2.24, 2.45) is 5.41 Å². The summed E-state index contributed by atoms with van der Waals surface area (Å²) in [5.41, 5.74) is 0.344. The average molecular weight is 301 g/mol. The minimum Gasteiger partial charge on any atom is -0.529 e. The van der Waals surface area contributed by atoms with Crippen molar-refractivity contribution in [3.63, 3.8) is 0 Å². The van der Waals surface area contributed by atoms with E-state index in [9.17, 15) is 4.79 Å². The second kappa shape index (κ2) is 12.4. The molecule has 0 atom stereocenters. The highest BCUT2D eigenvalue weighted by molar-refractivity contribution is 6.05. The zero-order valence-corrected chi connectivity index (χ0v) is 16.3. The Morgan fingerprint density at radius 2 is 1.40 bits per heavy atom. The summed E-state index contributed by atoms with van der Waals surface area (Å²) < 4.78 is 4.93. The summed E-state index contributed by atoms with van der Waals surface area (Å²) in [6.07, 6.45) is 14.7. The van der Waals surface area contributed by atoms with E-state index in [4.69, 9.17) is 4.43 Å². The minimum absolute atomic E-state index is 0.00464. The third-order valence-corrected chi connectivity index (χ3v) is 4.88. The molecule has 0 spiro atoms. The Morgan fingerprint density at radius 1 is 0.900 bits per heavy atom. The van der Waals surface area contributed by atoms with E-state index in [0.29, 0.717) is 22.3 Å². The van der Waals surface area contributed by atoms with Gasteiger partial charge in [0.2, 0.25) is 10.5 Å². The van der Waals surface area contributed by atoms with Gasteiger partial charge in [-0.25, -0.2) is 0 Å². The first-order chi connectivity index (χ1) is 9.58. The molecular formula is C17H36O2Si. The molecule has 0 radical (unpaired) electrons. The molecule has 0 fully saturated rings. The summed E-state index contributed by atoms with van der Waals surface area (Å²) in [6.45, 7) is 6.89. The van der Waals surface area contributed by atoms with Gasteiger partial charge in [0.15, 0.2) is 0 Å². The molecule has 0 aliphatic heterocycles. The number of unbranched alkanes of at least 4 members (excludes halogenated alkanes) is 6. The first kappa shape index (κ1) is 19.7. The van der Waals surface area contributed by atoms with Crippen molar-refractivity contribution in [3.8, 4) is 0 Å². The average Bonchev–Trinajstić information content (AvgIpc) is 2.46. The largest absolute Gasteiger partial charge is 0.529 e. The van der Waals surface area contributed by atoms with Crippen molar-refractivity contribution < 1.29 is 9.22 Å². The van der Waals surface area contributed by atoms with Gasteiger partial charge in [-0.3, -0.25) is 4.79 Å². The lowest BCUT2D eigenvalue weighted by atomic mass is 9.76. The van der Waals surface area contributed by atoms with Crippen LogP contribution in [0.3, 0.4) is 0 Å². The van der Waals surface area contributed by atoms with Crippen molar-refractivity contribution in [2.75, 3.05) is 0 Å². The van der Waals surface area contributed by atoms with Crippen LogP contribution in [0.5, 0.6) is 0 Å². The minimum atomic E-state index is 0.00464. The maximum Gasteiger partial charge on any atom is 0.291 e. The molecule has 120 valence electrons. The first-order valence-corrected chi connectivity index (χ1v) is 9.46. The summed E-state index contributed by atoms with van der Waals surface area (Å²) in [7, 11) is 0.532. The van der Waals surface area contributed by atoms with E-state index in [0.717, 1.165) is 6.42 Å². The van der Waals surface area contributed by atoms with Crippen LogP contribution >= 0.6 is 0 Å². The molecule has 20 heavy (non-hydrogen) atoms. The Labute approximate surface area is 129 Å². The van der Waals surface area contributed by atoms with E-state index < -0.39 is 0 Å². The molecule has 2 nitrogen and oxygen atoms in total. The van der Waals surface area contributed by atoms with Crippen molar-refractivity contribution in [1.29, 1.82) is 0 Å². The molecule has 0 aromatic heterocycles.